The van der Waals surface area contributed by atoms with Crippen LogP contribution in [-0.2, 0) is 14.4 Å². The number of benzene rings is 1. The number of rotatable bonds is 4. The van der Waals surface area contributed by atoms with Gasteiger partial charge in [-0.05, 0) is 25.0 Å². The van der Waals surface area contributed by atoms with Gasteiger partial charge in [-0.25, -0.2) is 4.98 Å². The van der Waals surface area contributed by atoms with Gasteiger partial charge in [0.05, 0.1) is 17.5 Å². The van der Waals surface area contributed by atoms with Crippen LogP contribution < -0.4 is 5.32 Å². The fourth-order valence-corrected chi connectivity index (χ4v) is 4.27. The number of hydrogen-bond donors (Lipinski definition) is 1. The Bertz CT molecular complexity index is 912. The number of carbonyl (C=O) groups excluding carboxylic acids is 3. The van der Waals surface area contributed by atoms with Crippen molar-refractivity contribution in [1.29, 1.82) is 0 Å². The molecule has 0 bridgehead atoms. The van der Waals surface area contributed by atoms with E-state index < -0.39 is 5.91 Å². The van der Waals surface area contributed by atoms with Crippen LogP contribution in [0.25, 0.3) is 11.3 Å². The minimum Gasteiger partial charge on any atom is -0.300 e. The maximum atomic E-state index is 12.4. The van der Waals surface area contributed by atoms with Crippen molar-refractivity contribution in [2.45, 2.75) is 12.8 Å². The fraction of sp³-hybridized carbons (Fsp3) is 0.263. The first-order valence-electron chi connectivity index (χ1n) is 8.54. The van der Waals surface area contributed by atoms with Gasteiger partial charge in [0.2, 0.25) is 17.7 Å². The number of imide groups is 1. The largest absolute Gasteiger partial charge is 0.300 e. The van der Waals surface area contributed by atoms with E-state index in [9.17, 15) is 14.4 Å². The average molecular weight is 402 g/mol. The molecule has 1 aliphatic heterocycles. The molecule has 27 heavy (non-hydrogen) atoms. The molecule has 0 radical (unpaired) electrons. The van der Waals surface area contributed by atoms with E-state index in [2.05, 4.69) is 10.3 Å². The SMILES string of the molecule is O=C(CN1C(=O)C2CC=CCC2C1=O)Nc1nc(-c2ccc(Cl)cc2)cs1. The molecule has 1 fully saturated rings. The molecule has 1 aromatic carbocycles. The monoisotopic (exact) mass is 401 g/mol. The van der Waals surface area contributed by atoms with Crippen molar-refractivity contribution in [1.82, 2.24) is 9.88 Å². The van der Waals surface area contributed by atoms with E-state index >= 15 is 0 Å². The van der Waals surface area contributed by atoms with E-state index in [0.29, 0.717) is 23.0 Å². The maximum Gasteiger partial charge on any atom is 0.246 e. The summed E-state index contributed by atoms with van der Waals surface area (Å²) in [7, 11) is 0. The lowest BCUT2D eigenvalue weighted by molar-refractivity contribution is -0.142. The molecule has 6 nitrogen and oxygen atoms in total. The minimum absolute atomic E-state index is 0.259. The Hall–Kier alpha value is -2.51. The highest BCUT2D eigenvalue weighted by atomic mass is 35.5. The number of aromatic nitrogens is 1. The summed E-state index contributed by atoms with van der Waals surface area (Å²) >= 11 is 7.17. The number of nitrogens with one attached hydrogen (secondary N) is 1. The fourth-order valence-electron chi connectivity index (χ4n) is 3.41. The number of carbonyl (C=O) groups is 3. The van der Waals surface area contributed by atoms with Crippen LogP contribution in [0.1, 0.15) is 12.8 Å². The van der Waals surface area contributed by atoms with Gasteiger partial charge < -0.3 is 5.32 Å². The van der Waals surface area contributed by atoms with Crippen molar-refractivity contribution in [2.24, 2.45) is 11.8 Å². The molecular weight excluding hydrogens is 386 g/mol. The number of nitrogens with zero attached hydrogens (tertiary/aromatic N) is 2. The molecule has 1 saturated heterocycles. The molecule has 0 spiro atoms. The Labute approximate surface area is 164 Å². The number of amides is 3. The number of fused-ring (bicyclic) bond motifs is 1. The molecule has 1 aliphatic carbocycles. The van der Waals surface area contributed by atoms with Crippen LogP contribution in [0.5, 0.6) is 0 Å². The third-order valence-corrected chi connectivity index (χ3v) is 5.80. The van der Waals surface area contributed by atoms with Crippen LogP contribution in [0.4, 0.5) is 5.13 Å². The molecule has 8 heteroatoms. The second-order valence-corrected chi connectivity index (χ2v) is 7.81. The first kappa shape index (κ1) is 17.9. The molecule has 1 N–H and O–H groups in total. The molecule has 1 aromatic heterocycles. The number of anilines is 1. The first-order chi connectivity index (χ1) is 13.0. The van der Waals surface area contributed by atoms with Crippen molar-refractivity contribution < 1.29 is 14.4 Å². The van der Waals surface area contributed by atoms with Crippen molar-refractivity contribution in [3.05, 3.63) is 46.8 Å². The highest BCUT2D eigenvalue weighted by Crippen LogP contribution is 2.35. The normalized spacial score (nSPS) is 21.4. The standard InChI is InChI=1S/C19H16ClN3O3S/c20-12-7-5-11(6-8-12)15-10-27-19(21-15)22-16(24)9-23-17(25)13-3-1-2-4-14(13)18(23)26/h1-2,5-8,10,13-14H,3-4,9H2,(H,21,22,24). The van der Waals surface area contributed by atoms with Gasteiger partial charge in [0.25, 0.3) is 0 Å². The number of hydrogen-bond acceptors (Lipinski definition) is 5. The van der Waals surface area contributed by atoms with E-state index in [0.717, 1.165) is 16.2 Å². The van der Waals surface area contributed by atoms with Gasteiger partial charge in [-0.15, -0.1) is 11.3 Å². The minimum atomic E-state index is -0.430. The van der Waals surface area contributed by atoms with Gasteiger partial charge in [-0.3, -0.25) is 19.3 Å². The van der Waals surface area contributed by atoms with Crippen molar-refractivity contribution in [3.63, 3.8) is 0 Å². The van der Waals surface area contributed by atoms with Gasteiger partial charge in [-0.2, -0.15) is 0 Å². The number of thiazole rings is 1. The van der Waals surface area contributed by atoms with Gasteiger partial charge in [-0.1, -0.05) is 35.9 Å². The summed E-state index contributed by atoms with van der Waals surface area (Å²) in [6, 6.07) is 7.24. The summed E-state index contributed by atoms with van der Waals surface area (Å²) in [6.07, 6.45) is 4.96. The third-order valence-electron chi connectivity index (χ3n) is 4.79. The van der Waals surface area contributed by atoms with Crippen LogP contribution in [0.2, 0.25) is 5.02 Å². The van der Waals surface area contributed by atoms with Gasteiger partial charge in [0.15, 0.2) is 5.13 Å². The summed E-state index contributed by atoms with van der Waals surface area (Å²) in [6.45, 7) is -0.277. The lowest BCUT2D eigenvalue weighted by atomic mass is 9.85. The highest BCUT2D eigenvalue weighted by molar-refractivity contribution is 7.14. The molecule has 2 atom stereocenters. The van der Waals surface area contributed by atoms with Gasteiger partial charge in [0, 0.05) is 16.0 Å². The van der Waals surface area contributed by atoms with E-state index in [1.807, 2.05) is 29.7 Å². The molecule has 2 heterocycles. The van der Waals surface area contributed by atoms with Crippen LogP contribution in [-0.4, -0.2) is 34.2 Å². The molecule has 2 aromatic rings. The van der Waals surface area contributed by atoms with Crippen LogP contribution >= 0.6 is 22.9 Å². The average Bonchev–Trinajstić information content (AvgIpc) is 3.22. The predicted molar refractivity (Wildman–Crippen MR) is 103 cm³/mol. The Morgan fingerprint density at radius 3 is 2.41 bits per heavy atom. The third kappa shape index (κ3) is 3.52. The van der Waals surface area contributed by atoms with Crippen LogP contribution in [0, 0.1) is 11.8 Å². The molecule has 3 amide bonds. The molecule has 2 unspecified atom stereocenters. The van der Waals surface area contributed by atoms with E-state index in [1.165, 1.54) is 11.3 Å². The van der Waals surface area contributed by atoms with E-state index in [1.54, 1.807) is 12.1 Å². The quantitative estimate of drug-likeness (QED) is 0.629. The van der Waals surface area contributed by atoms with Crippen molar-refractivity contribution in [3.8, 4) is 11.3 Å². The second kappa shape index (κ2) is 7.25. The Kier molecular flexibility index (Phi) is 4.80. The smallest absolute Gasteiger partial charge is 0.246 e. The predicted octanol–water partition coefficient (Wildman–Crippen LogP) is 3.35. The first-order valence-corrected chi connectivity index (χ1v) is 9.80. The summed E-state index contributed by atoms with van der Waals surface area (Å²) < 4.78 is 0. The summed E-state index contributed by atoms with van der Waals surface area (Å²) in [4.78, 5) is 42.6. The number of halogens is 1. The molecule has 2 aliphatic rings. The lowest BCUT2D eigenvalue weighted by Gasteiger charge is -2.14. The Morgan fingerprint density at radius 1 is 1.15 bits per heavy atom. The highest BCUT2D eigenvalue weighted by Gasteiger charge is 2.47. The van der Waals surface area contributed by atoms with Crippen molar-refractivity contribution >= 4 is 45.8 Å². The maximum absolute atomic E-state index is 12.4. The summed E-state index contributed by atoms with van der Waals surface area (Å²) in [5.41, 5.74) is 1.61. The van der Waals surface area contributed by atoms with Crippen molar-refractivity contribution in [2.75, 3.05) is 11.9 Å². The molecule has 4 rings (SSSR count). The second-order valence-electron chi connectivity index (χ2n) is 6.51. The number of allylic oxidation sites excluding steroid dienone is 2. The Morgan fingerprint density at radius 2 is 1.78 bits per heavy atom. The topological polar surface area (TPSA) is 79.4 Å². The molecule has 0 saturated carbocycles. The Balaban J connectivity index is 1.41. The zero-order valence-corrected chi connectivity index (χ0v) is 15.8. The lowest BCUT2D eigenvalue weighted by Crippen LogP contribution is -2.38. The van der Waals surface area contributed by atoms with Gasteiger partial charge >= 0.3 is 0 Å². The molecule has 138 valence electrons. The zero-order chi connectivity index (χ0) is 19.0. The van der Waals surface area contributed by atoms with Crippen LogP contribution in [0.15, 0.2) is 41.8 Å². The molecular formula is C19H16ClN3O3S. The van der Waals surface area contributed by atoms with E-state index in [-0.39, 0.29) is 30.2 Å². The summed E-state index contributed by atoms with van der Waals surface area (Å²) in [5, 5.41) is 5.55. The summed E-state index contributed by atoms with van der Waals surface area (Å²) in [5.74, 6) is -1.60. The zero-order valence-electron chi connectivity index (χ0n) is 14.2. The number of likely N-dealkylation sites (tertiary alicyclic amines) is 1. The van der Waals surface area contributed by atoms with Gasteiger partial charge in [0.1, 0.15) is 6.54 Å². The van der Waals surface area contributed by atoms with Crippen LogP contribution in [0.3, 0.4) is 0 Å². The van der Waals surface area contributed by atoms with E-state index in [4.69, 9.17) is 11.6 Å².